The number of aryl methyl sites for hydroxylation is 2. The first-order valence-electron chi connectivity index (χ1n) is 10.9. The summed E-state index contributed by atoms with van der Waals surface area (Å²) in [4.78, 5) is 22.5. The van der Waals surface area contributed by atoms with Gasteiger partial charge in [0.15, 0.2) is 16.1 Å². The second kappa shape index (κ2) is 10.1. The zero-order valence-electron chi connectivity index (χ0n) is 19.6. The fourth-order valence-corrected chi connectivity index (χ4v) is 6.04. The highest BCUT2D eigenvalue weighted by Crippen LogP contribution is 2.35. The molecule has 3 aromatic heterocycles. The molecule has 188 valence electrons. The molecule has 0 saturated carbocycles. The summed E-state index contributed by atoms with van der Waals surface area (Å²) in [7, 11) is -3.80. The van der Waals surface area contributed by atoms with Crippen LogP contribution in [0.25, 0.3) is 10.6 Å². The largest absolute Gasteiger partial charge is 0.360 e. The topological polar surface area (TPSA) is 139 Å². The Morgan fingerprint density at radius 2 is 1.73 bits per heavy atom. The van der Waals surface area contributed by atoms with E-state index >= 15 is 0 Å². The van der Waals surface area contributed by atoms with Crippen molar-refractivity contribution in [1.82, 2.24) is 15.1 Å². The maximum atomic E-state index is 12.6. The molecule has 3 N–H and O–H groups in total. The molecule has 0 fully saturated rings. The highest BCUT2D eigenvalue weighted by Gasteiger charge is 2.18. The molecule has 0 radical (unpaired) electrons. The van der Waals surface area contributed by atoms with Gasteiger partial charge in [-0.3, -0.25) is 14.8 Å². The molecule has 37 heavy (non-hydrogen) atoms. The molecular weight excluding hydrogens is 533 g/mol. The first kappa shape index (κ1) is 24.6. The Labute approximate surface area is 220 Å². The van der Waals surface area contributed by atoms with Gasteiger partial charge in [-0.1, -0.05) is 34.7 Å². The number of amides is 1. The zero-order valence-corrected chi connectivity index (χ0v) is 22.0. The number of anilines is 4. The van der Waals surface area contributed by atoms with Crippen molar-refractivity contribution in [3.8, 4) is 10.6 Å². The van der Waals surface area contributed by atoms with E-state index in [1.165, 1.54) is 40.9 Å². The van der Waals surface area contributed by atoms with E-state index in [4.69, 9.17) is 4.52 Å². The summed E-state index contributed by atoms with van der Waals surface area (Å²) in [5, 5.41) is 12.7. The second-order valence-corrected chi connectivity index (χ2v) is 11.4. The van der Waals surface area contributed by atoms with Crippen molar-refractivity contribution >= 4 is 60.4 Å². The average Bonchev–Trinajstić information content (AvgIpc) is 3.60. The van der Waals surface area contributed by atoms with E-state index in [1.54, 1.807) is 43.3 Å². The predicted molar refractivity (Wildman–Crippen MR) is 144 cm³/mol. The van der Waals surface area contributed by atoms with Crippen LogP contribution in [-0.4, -0.2) is 29.4 Å². The van der Waals surface area contributed by atoms with Crippen LogP contribution in [0.4, 0.5) is 21.8 Å². The lowest BCUT2D eigenvalue weighted by Crippen LogP contribution is -2.13. The van der Waals surface area contributed by atoms with E-state index < -0.39 is 10.0 Å². The van der Waals surface area contributed by atoms with Gasteiger partial charge in [0, 0.05) is 22.7 Å². The van der Waals surface area contributed by atoms with Crippen molar-refractivity contribution in [1.29, 1.82) is 0 Å². The zero-order chi connectivity index (χ0) is 26.0. The fourth-order valence-electron chi connectivity index (χ4n) is 3.33. The number of nitrogens with zero attached hydrogens (tertiary/aromatic N) is 3. The van der Waals surface area contributed by atoms with Crippen molar-refractivity contribution < 1.29 is 17.7 Å². The molecule has 1 amide bonds. The van der Waals surface area contributed by atoms with E-state index in [0.717, 1.165) is 16.3 Å². The number of rotatable bonds is 8. The van der Waals surface area contributed by atoms with Crippen molar-refractivity contribution in [2.75, 3.05) is 15.4 Å². The van der Waals surface area contributed by atoms with Gasteiger partial charge >= 0.3 is 0 Å². The lowest BCUT2D eigenvalue weighted by molar-refractivity contribution is 0.102. The Morgan fingerprint density at radius 1 is 0.973 bits per heavy atom. The average molecular weight is 553 g/mol. The van der Waals surface area contributed by atoms with Crippen LogP contribution < -0.4 is 15.4 Å². The van der Waals surface area contributed by atoms with E-state index in [2.05, 4.69) is 30.5 Å². The number of sulfonamides is 1. The molecule has 0 unspecified atom stereocenters. The van der Waals surface area contributed by atoms with Crippen LogP contribution in [-0.2, 0) is 10.0 Å². The van der Waals surface area contributed by atoms with E-state index in [0.29, 0.717) is 27.3 Å². The summed E-state index contributed by atoms with van der Waals surface area (Å²) in [5.74, 6) is 0.399. The summed E-state index contributed by atoms with van der Waals surface area (Å²) in [6.45, 7) is 3.54. The molecular formula is C24H20N6O4S3. The summed E-state index contributed by atoms with van der Waals surface area (Å²) >= 11 is 2.75. The molecule has 2 aromatic carbocycles. The van der Waals surface area contributed by atoms with Crippen LogP contribution in [0.15, 0.2) is 75.5 Å². The molecule has 5 rings (SSSR count). The first-order valence-corrected chi connectivity index (χ1v) is 14.1. The quantitative estimate of drug-likeness (QED) is 0.224. The lowest BCUT2D eigenvalue weighted by atomic mass is 10.2. The van der Waals surface area contributed by atoms with Crippen molar-refractivity contribution in [3.05, 3.63) is 83.1 Å². The predicted octanol–water partition coefficient (Wildman–Crippen LogP) is 5.67. The Bertz CT molecular complexity index is 1660. The minimum atomic E-state index is -3.80. The number of benzene rings is 2. The highest BCUT2D eigenvalue weighted by molar-refractivity contribution is 7.92. The number of carbonyl (C=O) groups is 1. The molecule has 0 spiro atoms. The Hall–Kier alpha value is -4.07. The number of hydrogen-bond acceptors (Lipinski definition) is 10. The van der Waals surface area contributed by atoms with Crippen LogP contribution in [0.3, 0.4) is 0 Å². The molecule has 0 aliphatic carbocycles. The third-order valence-electron chi connectivity index (χ3n) is 5.07. The lowest BCUT2D eigenvalue weighted by Gasteiger charge is -2.07. The van der Waals surface area contributed by atoms with Crippen LogP contribution in [0.1, 0.15) is 21.8 Å². The third-order valence-corrected chi connectivity index (χ3v) is 8.30. The number of thiazole rings is 2. The molecule has 5 aromatic rings. The standard InChI is InChI=1S/C24H20N6O4S3/c1-14-12-20(29-34-14)30-37(32,33)18-10-8-17(9-11-18)26-23-27-19(13-35-23)21-15(2)25-24(36-21)28-22(31)16-6-4-3-5-7-16/h3-13H,1-2H3,(H,26,27)(H,29,30)(H,25,28,31). The smallest absolute Gasteiger partial charge is 0.263 e. The van der Waals surface area contributed by atoms with Crippen LogP contribution >= 0.6 is 22.7 Å². The summed E-state index contributed by atoms with van der Waals surface area (Å²) in [6.07, 6.45) is 0. The van der Waals surface area contributed by atoms with Crippen molar-refractivity contribution in [2.45, 2.75) is 18.7 Å². The third kappa shape index (κ3) is 5.69. The van der Waals surface area contributed by atoms with Gasteiger partial charge in [0.1, 0.15) is 5.76 Å². The summed E-state index contributed by atoms with van der Waals surface area (Å²) < 4.78 is 32.4. The molecule has 0 saturated heterocycles. The van der Waals surface area contributed by atoms with Gasteiger partial charge in [0.05, 0.1) is 21.2 Å². The molecule has 0 bridgehead atoms. The molecule has 10 nitrogen and oxygen atoms in total. The van der Waals surface area contributed by atoms with Crippen molar-refractivity contribution in [3.63, 3.8) is 0 Å². The SMILES string of the molecule is Cc1cc(NS(=O)(=O)c2ccc(Nc3nc(-c4sc(NC(=O)c5ccccc5)nc4C)cs3)cc2)no1. The number of aromatic nitrogens is 3. The van der Waals surface area contributed by atoms with Crippen LogP contribution in [0.2, 0.25) is 0 Å². The van der Waals surface area contributed by atoms with Gasteiger partial charge in [0.25, 0.3) is 15.9 Å². The van der Waals surface area contributed by atoms with Crippen molar-refractivity contribution in [2.24, 2.45) is 0 Å². The van der Waals surface area contributed by atoms with E-state index in [-0.39, 0.29) is 16.6 Å². The summed E-state index contributed by atoms with van der Waals surface area (Å²) in [6, 6.07) is 16.7. The highest BCUT2D eigenvalue weighted by atomic mass is 32.2. The molecule has 13 heteroatoms. The molecule has 0 atom stereocenters. The molecule has 0 aliphatic rings. The minimum absolute atomic E-state index is 0.0869. The maximum absolute atomic E-state index is 12.6. The van der Waals surface area contributed by atoms with Gasteiger partial charge < -0.3 is 9.84 Å². The van der Waals surface area contributed by atoms with Crippen LogP contribution in [0, 0.1) is 13.8 Å². The summed E-state index contributed by atoms with van der Waals surface area (Å²) in [5.41, 5.74) is 2.72. The van der Waals surface area contributed by atoms with Gasteiger partial charge in [-0.2, -0.15) is 0 Å². The molecule has 3 heterocycles. The van der Waals surface area contributed by atoms with Gasteiger partial charge in [-0.25, -0.2) is 18.4 Å². The van der Waals surface area contributed by atoms with Gasteiger partial charge in [0.2, 0.25) is 0 Å². The normalized spacial score (nSPS) is 11.3. The number of carbonyl (C=O) groups excluding carboxylic acids is 1. The van der Waals surface area contributed by atoms with E-state index in [9.17, 15) is 13.2 Å². The Morgan fingerprint density at radius 3 is 2.43 bits per heavy atom. The van der Waals surface area contributed by atoms with Gasteiger partial charge in [-0.05, 0) is 50.2 Å². The van der Waals surface area contributed by atoms with Crippen LogP contribution in [0.5, 0.6) is 0 Å². The second-order valence-electron chi connectivity index (χ2n) is 7.87. The van der Waals surface area contributed by atoms with E-state index in [1.807, 2.05) is 18.4 Å². The van der Waals surface area contributed by atoms with Gasteiger partial charge in [-0.15, -0.1) is 11.3 Å². The first-order chi connectivity index (χ1) is 17.8. The number of hydrogen-bond donors (Lipinski definition) is 3. The monoisotopic (exact) mass is 552 g/mol. The maximum Gasteiger partial charge on any atom is 0.263 e. The Kier molecular flexibility index (Phi) is 6.74. The molecule has 0 aliphatic heterocycles. The number of nitrogens with one attached hydrogen (secondary N) is 3. The Balaban J connectivity index is 1.26. The fraction of sp³-hybridized carbons (Fsp3) is 0.0833. The minimum Gasteiger partial charge on any atom is -0.360 e.